The van der Waals surface area contributed by atoms with Crippen LogP contribution in [0.15, 0.2) is 12.0 Å². The van der Waals surface area contributed by atoms with Gasteiger partial charge in [-0.15, -0.1) is 11.3 Å². The number of ether oxygens (including phenoxy) is 1. The molecule has 4 heteroatoms. The van der Waals surface area contributed by atoms with Gasteiger partial charge >= 0.3 is 0 Å². The molecule has 0 radical (unpaired) electrons. The first-order chi connectivity index (χ1) is 7.19. The summed E-state index contributed by atoms with van der Waals surface area (Å²) in [5.74, 6) is 0.831. The van der Waals surface area contributed by atoms with Crippen LogP contribution in [0.2, 0.25) is 5.15 Å². The zero-order chi connectivity index (χ0) is 11.0. The summed E-state index contributed by atoms with van der Waals surface area (Å²) in [6, 6.07) is 0. The lowest BCUT2D eigenvalue weighted by molar-refractivity contribution is 0.421. The summed E-state index contributed by atoms with van der Waals surface area (Å²) < 4.78 is 6.25. The van der Waals surface area contributed by atoms with Crippen LogP contribution in [0.1, 0.15) is 11.3 Å². The Kier molecular flexibility index (Phi) is 2.67. The number of aryl methyl sites for hydroxylation is 1. The molecular weight excluding hydrogens is 230 g/mol. The van der Waals surface area contributed by atoms with Gasteiger partial charge in [0.05, 0.1) is 11.8 Å². The summed E-state index contributed by atoms with van der Waals surface area (Å²) in [7, 11) is 1.65. The Labute approximate surface area is 97.2 Å². The molecule has 0 saturated carbocycles. The van der Waals surface area contributed by atoms with Crippen molar-refractivity contribution in [2.24, 2.45) is 0 Å². The minimum absolute atomic E-state index is 0.529. The third-order valence-corrected chi connectivity index (χ3v) is 3.64. The molecule has 0 aliphatic rings. The molecule has 2 nitrogen and oxygen atoms in total. The summed E-state index contributed by atoms with van der Waals surface area (Å²) in [6.07, 6.45) is 1.79. The predicted molar refractivity (Wildman–Crippen MR) is 66.0 cm³/mol. The number of pyridine rings is 1. The number of aromatic nitrogens is 1. The Bertz CT molecular complexity index is 533. The van der Waals surface area contributed by atoms with E-state index >= 15 is 0 Å². The highest BCUT2D eigenvalue weighted by atomic mass is 35.5. The summed E-state index contributed by atoms with van der Waals surface area (Å²) in [5, 5.41) is 3.47. The zero-order valence-electron chi connectivity index (χ0n) is 8.50. The minimum atomic E-state index is 0.529. The fourth-order valence-corrected chi connectivity index (χ4v) is 2.85. The number of hydrogen-bond acceptors (Lipinski definition) is 3. The molecule has 0 saturated heterocycles. The van der Waals surface area contributed by atoms with Crippen molar-refractivity contribution in [2.75, 3.05) is 7.11 Å². The van der Waals surface area contributed by atoms with E-state index in [0.29, 0.717) is 5.15 Å². The fraction of sp³-hybridized carbons (Fsp3) is 0.182. The smallest absolute Gasteiger partial charge is 0.147 e. The van der Waals surface area contributed by atoms with Gasteiger partial charge in [0.25, 0.3) is 0 Å². The number of rotatable bonds is 2. The lowest BCUT2D eigenvalue weighted by atomic mass is 10.1. The maximum absolute atomic E-state index is 6.07. The first-order valence-corrected chi connectivity index (χ1v) is 5.68. The Morgan fingerprint density at radius 3 is 2.93 bits per heavy atom. The summed E-state index contributed by atoms with van der Waals surface area (Å²) in [6.45, 7) is 5.71. The van der Waals surface area contributed by atoms with Crippen LogP contribution in [0.4, 0.5) is 0 Å². The van der Waals surface area contributed by atoms with Gasteiger partial charge in [0.15, 0.2) is 0 Å². The molecule has 2 rings (SSSR count). The van der Waals surface area contributed by atoms with Crippen molar-refractivity contribution < 1.29 is 4.74 Å². The van der Waals surface area contributed by atoms with Crippen molar-refractivity contribution in [3.05, 3.63) is 28.4 Å². The molecule has 2 aromatic heterocycles. The maximum atomic E-state index is 6.07. The quantitative estimate of drug-likeness (QED) is 0.742. The molecule has 0 atom stereocenters. The Morgan fingerprint density at radius 1 is 1.60 bits per heavy atom. The van der Waals surface area contributed by atoms with Crippen LogP contribution in [0, 0.1) is 6.92 Å². The van der Waals surface area contributed by atoms with Gasteiger partial charge in [-0.05, 0) is 6.92 Å². The highest BCUT2D eigenvalue weighted by Crippen LogP contribution is 2.39. The van der Waals surface area contributed by atoms with Crippen LogP contribution >= 0.6 is 22.9 Å². The number of hydrogen-bond donors (Lipinski definition) is 0. The van der Waals surface area contributed by atoms with Crippen LogP contribution in [0.25, 0.3) is 16.2 Å². The van der Waals surface area contributed by atoms with Crippen LogP contribution in [0.5, 0.6) is 5.75 Å². The van der Waals surface area contributed by atoms with Crippen LogP contribution in [-0.2, 0) is 0 Å². The van der Waals surface area contributed by atoms with E-state index in [2.05, 4.69) is 11.6 Å². The number of thiophene rings is 1. The van der Waals surface area contributed by atoms with Gasteiger partial charge in [-0.3, -0.25) is 0 Å². The van der Waals surface area contributed by atoms with Gasteiger partial charge < -0.3 is 4.74 Å². The normalized spacial score (nSPS) is 10.6. The van der Waals surface area contributed by atoms with E-state index in [1.165, 1.54) is 11.3 Å². The molecule has 15 heavy (non-hydrogen) atoms. The van der Waals surface area contributed by atoms with E-state index in [9.17, 15) is 0 Å². The molecule has 78 valence electrons. The molecular formula is C11H10ClNOS. The zero-order valence-corrected chi connectivity index (χ0v) is 10.1. The number of methoxy groups -OCH3 is 1. The average Bonchev–Trinajstić information content (AvgIpc) is 2.62. The Balaban J connectivity index is 2.95. The predicted octanol–water partition coefficient (Wildman–Crippen LogP) is 3.91. The van der Waals surface area contributed by atoms with Crippen LogP contribution in [0.3, 0.4) is 0 Å². The van der Waals surface area contributed by atoms with Gasteiger partial charge in [-0.25, -0.2) is 4.98 Å². The van der Waals surface area contributed by atoms with Gasteiger partial charge in [0.2, 0.25) is 0 Å². The summed E-state index contributed by atoms with van der Waals surface area (Å²) >= 11 is 7.61. The third-order valence-electron chi connectivity index (χ3n) is 2.29. The van der Waals surface area contributed by atoms with E-state index in [-0.39, 0.29) is 0 Å². The fourth-order valence-electron chi connectivity index (χ4n) is 1.59. The number of halogens is 1. The second-order valence-corrected chi connectivity index (χ2v) is 4.35. The molecule has 0 fully saturated rings. The van der Waals surface area contributed by atoms with Crippen molar-refractivity contribution in [2.45, 2.75) is 6.92 Å². The maximum Gasteiger partial charge on any atom is 0.147 e. The average molecular weight is 240 g/mol. The van der Waals surface area contributed by atoms with Crippen molar-refractivity contribution in [1.29, 1.82) is 0 Å². The second-order valence-electron chi connectivity index (χ2n) is 3.11. The standard InChI is InChI=1S/C11H10ClNOS/c1-4-7-6(2)13-11(12)10-9(7)8(14-3)5-15-10/h4-5H,1H2,2-3H3. The first kappa shape index (κ1) is 10.5. The molecule has 2 aromatic rings. The summed E-state index contributed by atoms with van der Waals surface area (Å²) in [5.41, 5.74) is 1.87. The highest BCUT2D eigenvalue weighted by Gasteiger charge is 2.14. The molecule has 0 aliphatic carbocycles. The van der Waals surface area contributed by atoms with Crippen LogP contribution < -0.4 is 4.74 Å². The first-order valence-electron chi connectivity index (χ1n) is 4.42. The van der Waals surface area contributed by atoms with Crippen LogP contribution in [-0.4, -0.2) is 12.1 Å². The Morgan fingerprint density at radius 2 is 2.33 bits per heavy atom. The Hall–Kier alpha value is -1.06. The topological polar surface area (TPSA) is 22.1 Å². The molecule has 0 aliphatic heterocycles. The largest absolute Gasteiger partial charge is 0.495 e. The van der Waals surface area contributed by atoms with Gasteiger partial charge in [-0.1, -0.05) is 24.3 Å². The lowest BCUT2D eigenvalue weighted by Crippen LogP contribution is -1.90. The highest BCUT2D eigenvalue weighted by molar-refractivity contribution is 7.18. The van der Waals surface area contributed by atoms with Gasteiger partial charge in [-0.2, -0.15) is 0 Å². The molecule has 2 heterocycles. The molecule has 0 amide bonds. The van der Waals surface area contributed by atoms with E-state index < -0.39 is 0 Å². The van der Waals surface area contributed by atoms with E-state index in [1.54, 1.807) is 13.2 Å². The SMILES string of the molecule is C=Cc1c(C)nc(Cl)c2scc(OC)c12. The minimum Gasteiger partial charge on any atom is -0.495 e. The molecule has 0 aromatic carbocycles. The van der Waals surface area contributed by atoms with Crippen molar-refractivity contribution in [1.82, 2.24) is 4.98 Å². The molecule has 0 unspecified atom stereocenters. The van der Waals surface area contributed by atoms with E-state index in [4.69, 9.17) is 16.3 Å². The van der Waals surface area contributed by atoms with Crippen molar-refractivity contribution in [3.8, 4) is 5.75 Å². The molecule has 0 spiro atoms. The molecule has 0 N–H and O–H groups in total. The number of fused-ring (bicyclic) bond motifs is 1. The van der Waals surface area contributed by atoms with Gasteiger partial charge in [0.1, 0.15) is 10.9 Å². The van der Waals surface area contributed by atoms with E-state index in [0.717, 1.165) is 27.1 Å². The summed E-state index contributed by atoms with van der Waals surface area (Å²) in [4.78, 5) is 4.27. The second kappa shape index (κ2) is 3.83. The van der Waals surface area contributed by atoms with Gasteiger partial charge in [0, 0.05) is 22.0 Å². The van der Waals surface area contributed by atoms with Crippen molar-refractivity contribution in [3.63, 3.8) is 0 Å². The monoisotopic (exact) mass is 239 g/mol. The van der Waals surface area contributed by atoms with E-state index in [1.807, 2.05) is 12.3 Å². The number of nitrogens with zero attached hydrogens (tertiary/aromatic N) is 1. The van der Waals surface area contributed by atoms with Crippen molar-refractivity contribution >= 4 is 39.1 Å². The lowest BCUT2D eigenvalue weighted by Gasteiger charge is -2.05. The third kappa shape index (κ3) is 1.52. The molecule has 0 bridgehead atoms.